The second-order valence-electron chi connectivity index (χ2n) is 3.86. The molecule has 0 amide bonds. The number of unbranched alkanes of at least 4 members (excludes halogenated alkanes) is 3. The zero-order valence-corrected chi connectivity index (χ0v) is 9.62. The van der Waals surface area contributed by atoms with Crippen molar-refractivity contribution < 1.29 is 9.84 Å². The van der Waals surface area contributed by atoms with E-state index in [1.165, 1.54) is 19.3 Å². The van der Waals surface area contributed by atoms with Crippen LogP contribution in [0.25, 0.3) is 0 Å². The summed E-state index contributed by atoms with van der Waals surface area (Å²) in [5.41, 5.74) is 1.07. The highest BCUT2D eigenvalue weighted by Crippen LogP contribution is 2.23. The van der Waals surface area contributed by atoms with E-state index in [0.29, 0.717) is 0 Å². The molecule has 0 atom stereocenters. The summed E-state index contributed by atoms with van der Waals surface area (Å²) in [5.74, 6) is 1.07. The van der Waals surface area contributed by atoms with Gasteiger partial charge in [-0.1, -0.05) is 32.3 Å². The molecule has 84 valence electrons. The van der Waals surface area contributed by atoms with Crippen molar-refractivity contribution in [1.82, 2.24) is 0 Å². The van der Waals surface area contributed by atoms with Gasteiger partial charge in [-0.15, -0.1) is 0 Å². The molecule has 1 aromatic carbocycles. The number of phenols is 1. The van der Waals surface area contributed by atoms with Gasteiger partial charge >= 0.3 is 0 Å². The molecule has 0 radical (unpaired) electrons. The van der Waals surface area contributed by atoms with Crippen molar-refractivity contribution in [1.29, 1.82) is 0 Å². The number of phenolic OH excluding ortho intramolecular Hbond substituents is 1. The van der Waals surface area contributed by atoms with Crippen LogP contribution in [-0.4, -0.2) is 11.7 Å². The van der Waals surface area contributed by atoms with E-state index in [9.17, 15) is 5.11 Å². The zero-order valence-electron chi connectivity index (χ0n) is 9.62. The molecule has 0 aliphatic carbocycles. The van der Waals surface area contributed by atoms with Crippen molar-refractivity contribution in [2.45, 2.75) is 39.5 Å². The third-order valence-corrected chi connectivity index (χ3v) is 2.43. The predicted molar refractivity (Wildman–Crippen MR) is 62.5 cm³/mol. The Balaban J connectivity index is 2.33. The van der Waals surface area contributed by atoms with Gasteiger partial charge in [0.1, 0.15) is 11.5 Å². The number of rotatable bonds is 6. The monoisotopic (exact) mass is 208 g/mol. The van der Waals surface area contributed by atoms with Gasteiger partial charge in [-0.2, -0.15) is 0 Å². The minimum Gasteiger partial charge on any atom is -0.508 e. The van der Waals surface area contributed by atoms with Crippen LogP contribution in [0.4, 0.5) is 0 Å². The fourth-order valence-corrected chi connectivity index (χ4v) is 1.46. The van der Waals surface area contributed by atoms with Crippen molar-refractivity contribution in [3.8, 4) is 11.5 Å². The average molecular weight is 208 g/mol. The topological polar surface area (TPSA) is 29.5 Å². The lowest BCUT2D eigenvalue weighted by molar-refractivity contribution is 0.301. The third kappa shape index (κ3) is 4.24. The first-order valence-electron chi connectivity index (χ1n) is 5.66. The molecule has 1 aromatic rings. The molecule has 0 saturated carbocycles. The SMILES string of the molecule is CCCCCCOc1cc(O)ccc1C. The van der Waals surface area contributed by atoms with Crippen molar-refractivity contribution >= 4 is 0 Å². The fraction of sp³-hybridized carbons (Fsp3) is 0.538. The van der Waals surface area contributed by atoms with Crippen LogP contribution in [0.15, 0.2) is 18.2 Å². The number of benzene rings is 1. The van der Waals surface area contributed by atoms with E-state index in [-0.39, 0.29) is 5.75 Å². The summed E-state index contributed by atoms with van der Waals surface area (Å²) in [6, 6.07) is 5.23. The first-order chi connectivity index (χ1) is 7.24. The largest absolute Gasteiger partial charge is 0.508 e. The maximum atomic E-state index is 9.30. The number of aryl methyl sites for hydroxylation is 1. The molecule has 0 fully saturated rings. The molecule has 1 N–H and O–H groups in total. The van der Waals surface area contributed by atoms with E-state index in [0.717, 1.165) is 24.3 Å². The van der Waals surface area contributed by atoms with Crippen molar-refractivity contribution in [2.24, 2.45) is 0 Å². The van der Waals surface area contributed by atoms with E-state index >= 15 is 0 Å². The minimum atomic E-state index is 0.268. The van der Waals surface area contributed by atoms with Crippen molar-refractivity contribution in [2.75, 3.05) is 6.61 Å². The van der Waals surface area contributed by atoms with Crippen LogP contribution < -0.4 is 4.74 Å². The van der Waals surface area contributed by atoms with Gasteiger partial charge < -0.3 is 9.84 Å². The molecular weight excluding hydrogens is 188 g/mol. The molecule has 0 heterocycles. The van der Waals surface area contributed by atoms with Gasteiger partial charge in [-0.05, 0) is 25.0 Å². The van der Waals surface area contributed by atoms with Gasteiger partial charge in [0, 0.05) is 6.07 Å². The van der Waals surface area contributed by atoms with E-state index in [1.54, 1.807) is 12.1 Å². The quantitative estimate of drug-likeness (QED) is 0.723. The van der Waals surface area contributed by atoms with Gasteiger partial charge in [0.2, 0.25) is 0 Å². The summed E-state index contributed by atoms with van der Waals surface area (Å²) >= 11 is 0. The smallest absolute Gasteiger partial charge is 0.125 e. The Morgan fingerprint density at radius 3 is 2.73 bits per heavy atom. The highest BCUT2D eigenvalue weighted by atomic mass is 16.5. The maximum absolute atomic E-state index is 9.30. The molecule has 0 saturated heterocycles. The highest BCUT2D eigenvalue weighted by Gasteiger charge is 2.00. The summed E-state index contributed by atoms with van der Waals surface area (Å²) < 4.78 is 5.60. The van der Waals surface area contributed by atoms with Gasteiger partial charge in [0.25, 0.3) is 0 Å². The van der Waals surface area contributed by atoms with Crippen LogP contribution in [0.3, 0.4) is 0 Å². The lowest BCUT2D eigenvalue weighted by Crippen LogP contribution is -1.98. The van der Waals surface area contributed by atoms with Crippen molar-refractivity contribution in [3.05, 3.63) is 23.8 Å². The average Bonchev–Trinajstić information content (AvgIpc) is 2.23. The minimum absolute atomic E-state index is 0.268. The Morgan fingerprint density at radius 2 is 2.00 bits per heavy atom. The van der Waals surface area contributed by atoms with E-state index < -0.39 is 0 Å². The number of aromatic hydroxyl groups is 1. The van der Waals surface area contributed by atoms with Crippen LogP contribution in [0.5, 0.6) is 11.5 Å². The van der Waals surface area contributed by atoms with E-state index in [4.69, 9.17) is 4.74 Å². The summed E-state index contributed by atoms with van der Waals surface area (Å²) in [6.07, 6.45) is 4.81. The fourth-order valence-electron chi connectivity index (χ4n) is 1.46. The van der Waals surface area contributed by atoms with Crippen LogP contribution in [0.1, 0.15) is 38.2 Å². The Morgan fingerprint density at radius 1 is 1.20 bits per heavy atom. The summed E-state index contributed by atoms with van der Waals surface area (Å²) in [6.45, 7) is 4.92. The summed E-state index contributed by atoms with van der Waals surface area (Å²) in [5, 5.41) is 9.30. The molecule has 1 rings (SSSR count). The second kappa shape index (κ2) is 6.33. The van der Waals surface area contributed by atoms with Crippen LogP contribution >= 0.6 is 0 Å². The molecule has 0 unspecified atom stereocenters. The molecular formula is C13H20O2. The molecule has 0 bridgehead atoms. The molecule has 0 aliphatic rings. The summed E-state index contributed by atoms with van der Waals surface area (Å²) in [7, 11) is 0. The van der Waals surface area contributed by atoms with Crippen LogP contribution in [0, 0.1) is 6.92 Å². The van der Waals surface area contributed by atoms with Gasteiger partial charge in [-0.3, -0.25) is 0 Å². The Bertz CT molecular complexity index is 295. The molecule has 2 nitrogen and oxygen atoms in total. The van der Waals surface area contributed by atoms with E-state index in [1.807, 2.05) is 13.0 Å². The molecule has 15 heavy (non-hydrogen) atoms. The molecule has 0 aromatic heterocycles. The number of ether oxygens (including phenoxy) is 1. The van der Waals surface area contributed by atoms with E-state index in [2.05, 4.69) is 6.92 Å². The van der Waals surface area contributed by atoms with Crippen molar-refractivity contribution in [3.63, 3.8) is 0 Å². The standard InChI is InChI=1S/C13H20O2/c1-3-4-5-6-9-15-13-10-12(14)8-7-11(13)2/h7-8,10,14H,3-6,9H2,1-2H3. The van der Waals surface area contributed by atoms with Gasteiger partial charge in [-0.25, -0.2) is 0 Å². The number of hydrogen-bond donors (Lipinski definition) is 1. The maximum Gasteiger partial charge on any atom is 0.125 e. The summed E-state index contributed by atoms with van der Waals surface area (Å²) in [4.78, 5) is 0. The first-order valence-corrected chi connectivity index (χ1v) is 5.66. The lowest BCUT2D eigenvalue weighted by Gasteiger charge is -2.09. The third-order valence-electron chi connectivity index (χ3n) is 2.43. The molecule has 0 aliphatic heterocycles. The molecule has 2 heteroatoms. The highest BCUT2D eigenvalue weighted by molar-refractivity contribution is 5.38. The Labute approximate surface area is 91.9 Å². The first kappa shape index (κ1) is 11.9. The molecule has 0 spiro atoms. The predicted octanol–water partition coefficient (Wildman–Crippen LogP) is 3.66. The van der Waals surface area contributed by atoms with Crippen LogP contribution in [-0.2, 0) is 0 Å². The number of hydrogen-bond acceptors (Lipinski definition) is 2. The zero-order chi connectivity index (χ0) is 11.1. The van der Waals surface area contributed by atoms with Gasteiger partial charge in [0.15, 0.2) is 0 Å². The lowest BCUT2D eigenvalue weighted by atomic mass is 10.2. The Kier molecular flexibility index (Phi) is 5.02. The normalized spacial score (nSPS) is 10.3. The van der Waals surface area contributed by atoms with Gasteiger partial charge in [0.05, 0.1) is 6.61 Å². The second-order valence-corrected chi connectivity index (χ2v) is 3.86. The Hall–Kier alpha value is -1.18. The van der Waals surface area contributed by atoms with Crippen LogP contribution in [0.2, 0.25) is 0 Å².